The smallest absolute Gasteiger partial charge is 0.318 e. The lowest BCUT2D eigenvalue weighted by atomic mass is 9.93. The van der Waals surface area contributed by atoms with Crippen LogP contribution in [0.3, 0.4) is 0 Å². The first-order valence-electron chi connectivity index (χ1n) is 11.5. The van der Waals surface area contributed by atoms with Gasteiger partial charge in [-0.15, -0.1) is 0 Å². The van der Waals surface area contributed by atoms with Crippen LogP contribution in [0.1, 0.15) is 30.5 Å². The van der Waals surface area contributed by atoms with Gasteiger partial charge in [-0.05, 0) is 48.7 Å². The van der Waals surface area contributed by atoms with Crippen molar-refractivity contribution in [3.63, 3.8) is 0 Å². The number of carbonyl (C=O) groups excluding carboxylic acids is 2. The zero-order valence-corrected chi connectivity index (χ0v) is 19.6. The molecule has 2 aromatic rings. The van der Waals surface area contributed by atoms with Gasteiger partial charge in [0.25, 0.3) is 0 Å². The zero-order chi connectivity index (χ0) is 23.8. The number of hydrogen-bond acceptors (Lipinski definition) is 6. The molecule has 1 saturated heterocycles. The fourth-order valence-corrected chi connectivity index (χ4v) is 4.93. The van der Waals surface area contributed by atoms with Crippen LogP contribution in [0.4, 0.5) is 10.5 Å². The first-order chi connectivity index (χ1) is 16.5. The minimum absolute atomic E-state index is 0.0316. The Labute approximate surface area is 198 Å². The van der Waals surface area contributed by atoms with E-state index < -0.39 is 0 Å². The van der Waals surface area contributed by atoms with Crippen LogP contribution in [-0.2, 0) is 11.2 Å². The molecule has 5 rings (SSSR count). The lowest BCUT2D eigenvalue weighted by molar-refractivity contribution is -0.117. The molecule has 0 unspecified atom stereocenters. The maximum absolute atomic E-state index is 13.2. The normalized spacial score (nSPS) is 21.2. The van der Waals surface area contributed by atoms with Crippen molar-refractivity contribution in [2.75, 3.05) is 45.4 Å². The first kappa shape index (κ1) is 22.2. The molecule has 9 nitrogen and oxygen atoms in total. The van der Waals surface area contributed by atoms with Crippen LogP contribution in [0.15, 0.2) is 30.3 Å². The number of amides is 3. The monoisotopic (exact) mass is 467 g/mol. The third kappa shape index (κ3) is 3.95. The standard InChI is InChI=1S/C25H29N3O6/c1-15-19-13-22(32-3)21(31-2)10-16(19)6-7-27(15)25(30)26-17-11-24(29)28(14-17)18-4-5-20-23(12-18)34-9-8-33-20/h4-5,10,12-13,15,17H,6-9,11,14H2,1-3H3,(H,26,30)/t15-,17+/m0/s1. The summed E-state index contributed by atoms with van der Waals surface area (Å²) in [6, 6.07) is 8.85. The number of rotatable bonds is 4. The van der Waals surface area contributed by atoms with Gasteiger partial charge < -0.3 is 34.1 Å². The first-order valence-corrected chi connectivity index (χ1v) is 11.5. The highest BCUT2D eigenvalue weighted by Gasteiger charge is 2.35. The van der Waals surface area contributed by atoms with Gasteiger partial charge in [0, 0.05) is 31.3 Å². The molecule has 2 aromatic carbocycles. The maximum atomic E-state index is 13.2. The summed E-state index contributed by atoms with van der Waals surface area (Å²) in [7, 11) is 3.22. The van der Waals surface area contributed by atoms with Crippen LogP contribution in [0.2, 0.25) is 0 Å². The van der Waals surface area contributed by atoms with E-state index in [0.717, 1.165) is 23.2 Å². The van der Waals surface area contributed by atoms with E-state index in [1.165, 1.54) is 0 Å². The second-order valence-electron chi connectivity index (χ2n) is 8.71. The van der Waals surface area contributed by atoms with Gasteiger partial charge in [0.1, 0.15) is 13.2 Å². The fourth-order valence-electron chi connectivity index (χ4n) is 4.93. The van der Waals surface area contributed by atoms with Crippen LogP contribution in [0, 0.1) is 0 Å². The van der Waals surface area contributed by atoms with E-state index in [0.29, 0.717) is 49.3 Å². The number of urea groups is 1. The van der Waals surface area contributed by atoms with Crippen molar-refractivity contribution >= 4 is 17.6 Å². The van der Waals surface area contributed by atoms with E-state index in [1.54, 1.807) is 19.1 Å². The summed E-state index contributed by atoms with van der Waals surface area (Å²) in [5.41, 5.74) is 2.93. The predicted octanol–water partition coefficient (Wildman–Crippen LogP) is 2.91. The van der Waals surface area contributed by atoms with Gasteiger partial charge >= 0.3 is 6.03 Å². The number of hydrogen-bond donors (Lipinski definition) is 1. The quantitative estimate of drug-likeness (QED) is 0.744. The van der Waals surface area contributed by atoms with Crippen LogP contribution < -0.4 is 29.2 Å². The molecule has 1 fully saturated rings. The van der Waals surface area contributed by atoms with E-state index in [4.69, 9.17) is 18.9 Å². The van der Waals surface area contributed by atoms with Crippen molar-refractivity contribution in [2.24, 2.45) is 0 Å². The summed E-state index contributed by atoms with van der Waals surface area (Å²) in [6.07, 6.45) is 0.977. The molecule has 0 aliphatic carbocycles. The van der Waals surface area contributed by atoms with Crippen molar-refractivity contribution in [2.45, 2.75) is 31.8 Å². The van der Waals surface area contributed by atoms with E-state index in [-0.39, 0.29) is 30.4 Å². The Kier molecular flexibility index (Phi) is 5.85. The lowest BCUT2D eigenvalue weighted by Gasteiger charge is -2.36. The van der Waals surface area contributed by atoms with Crippen molar-refractivity contribution in [1.29, 1.82) is 0 Å². The SMILES string of the molecule is COc1cc2c(cc1OC)[C@H](C)N(C(=O)N[C@@H]1CC(=O)N(c3ccc4c(c3)OCCO4)C1)CC2. The van der Waals surface area contributed by atoms with Gasteiger partial charge in [-0.25, -0.2) is 4.79 Å². The van der Waals surface area contributed by atoms with E-state index in [1.807, 2.05) is 42.2 Å². The fraction of sp³-hybridized carbons (Fsp3) is 0.440. The Morgan fingerprint density at radius 3 is 2.56 bits per heavy atom. The molecule has 180 valence electrons. The van der Waals surface area contributed by atoms with Crippen LogP contribution in [0.25, 0.3) is 0 Å². The molecule has 34 heavy (non-hydrogen) atoms. The summed E-state index contributed by atoms with van der Waals surface area (Å²) in [6.45, 7) is 4.00. The summed E-state index contributed by atoms with van der Waals surface area (Å²) in [5.74, 6) is 2.62. The lowest BCUT2D eigenvalue weighted by Crippen LogP contribution is -2.48. The maximum Gasteiger partial charge on any atom is 0.318 e. The Morgan fingerprint density at radius 2 is 1.79 bits per heavy atom. The topological polar surface area (TPSA) is 89.6 Å². The predicted molar refractivity (Wildman–Crippen MR) is 125 cm³/mol. The number of benzene rings is 2. The average Bonchev–Trinajstić information content (AvgIpc) is 3.22. The van der Waals surface area contributed by atoms with Gasteiger partial charge in [-0.1, -0.05) is 0 Å². The molecule has 0 bridgehead atoms. The summed E-state index contributed by atoms with van der Waals surface area (Å²) in [4.78, 5) is 29.4. The molecule has 3 amide bonds. The molecular weight excluding hydrogens is 438 g/mol. The zero-order valence-electron chi connectivity index (χ0n) is 19.6. The molecule has 9 heteroatoms. The second-order valence-corrected chi connectivity index (χ2v) is 8.71. The Morgan fingerprint density at radius 1 is 1.06 bits per heavy atom. The third-order valence-electron chi connectivity index (χ3n) is 6.74. The number of nitrogens with one attached hydrogen (secondary N) is 1. The molecule has 2 atom stereocenters. The van der Waals surface area contributed by atoms with Crippen LogP contribution in [0.5, 0.6) is 23.0 Å². The molecule has 0 spiro atoms. The molecule has 1 N–H and O–H groups in total. The van der Waals surface area contributed by atoms with Gasteiger partial charge in [0.2, 0.25) is 5.91 Å². The molecule has 0 aromatic heterocycles. The van der Waals surface area contributed by atoms with E-state index in [2.05, 4.69) is 5.32 Å². The molecular formula is C25H29N3O6. The van der Waals surface area contributed by atoms with Gasteiger partial charge in [0.15, 0.2) is 23.0 Å². The number of ether oxygens (including phenoxy) is 4. The average molecular weight is 468 g/mol. The molecule has 3 aliphatic rings. The van der Waals surface area contributed by atoms with Crippen molar-refractivity contribution in [3.8, 4) is 23.0 Å². The Hall–Kier alpha value is -3.62. The molecule has 0 saturated carbocycles. The number of carbonyl (C=O) groups is 2. The van der Waals surface area contributed by atoms with Crippen LogP contribution in [-0.4, -0.2) is 63.4 Å². The Bertz CT molecular complexity index is 1120. The van der Waals surface area contributed by atoms with Gasteiger partial charge in [-0.3, -0.25) is 4.79 Å². The summed E-state index contributed by atoms with van der Waals surface area (Å²) in [5, 5.41) is 3.07. The molecule has 0 radical (unpaired) electrons. The van der Waals surface area contributed by atoms with E-state index >= 15 is 0 Å². The highest BCUT2D eigenvalue weighted by Crippen LogP contribution is 2.38. The summed E-state index contributed by atoms with van der Waals surface area (Å²) < 4.78 is 22.1. The second kappa shape index (κ2) is 8.96. The van der Waals surface area contributed by atoms with Crippen LogP contribution >= 0.6 is 0 Å². The number of fused-ring (bicyclic) bond motifs is 2. The van der Waals surface area contributed by atoms with Crippen molar-refractivity contribution < 1.29 is 28.5 Å². The van der Waals surface area contributed by atoms with E-state index in [9.17, 15) is 9.59 Å². The highest BCUT2D eigenvalue weighted by molar-refractivity contribution is 5.97. The summed E-state index contributed by atoms with van der Waals surface area (Å²) >= 11 is 0. The largest absolute Gasteiger partial charge is 0.493 e. The molecule has 3 heterocycles. The minimum Gasteiger partial charge on any atom is -0.493 e. The molecule has 3 aliphatic heterocycles. The third-order valence-corrected chi connectivity index (χ3v) is 6.74. The van der Waals surface area contributed by atoms with Gasteiger partial charge in [-0.2, -0.15) is 0 Å². The Balaban J connectivity index is 1.27. The van der Waals surface area contributed by atoms with Crippen molar-refractivity contribution in [3.05, 3.63) is 41.5 Å². The van der Waals surface area contributed by atoms with Crippen molar-refractivity contribution in [1.82, 2.24) is 10.2 Å². The number of methoxy groups -OCH3 is 2. The minimum atomic E-state index is -0.271. The number of nitrogens with zero attached hydrogens (tertiary/aromatic N) is 2. The van der Waals surface area contributed by atoms with Gasteiger partial charge in [0.05, 0.1) is 26.3 Å². The highest BCUT2D eigenvalue weighted by atomic mass is 16.6. The number of anilines is 1.